The van der Waals surface area contributed by atoms with Gasteiger partial charge in [0.25, 0.3) is 0 Å². The number of aliphatic hydroxyl groups excluding tert-OH is 1. The van der Waals surface area contributed by atoms with Crippen LogP contribution in [-0.2, 0) is 16.1 Å². The summed E-state index contributed by atoms with van der Waals surface area (Å²) in [7, 11) is 0. The van der Waals surface area contributed by atoms with Crippen molar-refractivity contribution in [2.24, 2.45) is 17.3 Å². The van der Waals surface area contributed by atoms with Crippen molar-refractivity contribution in [1.29, 1.82) is 0 Å². The lowest BCUT2D eigenvalue weighted by Crippen LogP contribution is -2.60. The Bertz CT molecular complexity index is 836. The maximum atomic E-state index is 12.9. The largest absolute Gasteiger partial charge is 0.481 e. The van der Waals surface area contributed by atoms with Crippen LogP contribution in [0.25, 0.3) is 0 Å². The highest BCUT2D eigenvalue weighted by Crippen LogP contribution is 2.54. The van der Waals surface area contributed by atoms with Crippen LogP contribution in [-0.4, -0.2) is 28.7 Å². The van der Waals surface area contributed by atoms with Crippen molar-refractivity contribution >= 4 is 11.9 Å². The Morgan fingerprint density at radius 1 is 1.10 bits per heavy atom. The molecule has 6 nitrogen and oxygen atoms in total. The number of hydrogen-bond donors (Lipinski definition) is 3. The number of benzene rings is 2. The lowest BCUT2D eigenvalue weighted by Gasteiger charge is -2.51. The highest BCUT2D eigenvalue weighted by Gasteiger charge is 2.59. The molecule has 0 spiro atoms. The van der Waals surface area contributed by atoms with Gasteiger partial charge in [0.2, 0.25) is 5.91 Å². The van der Waals surface area contributed by atoms with Crippen molar-refractivity contribution in [2.75, 3.05) is 6.61 Å². The van der Waals surface area contributed by atoms with Gasteiger partial charge < -0.3 is 20.3 Å². The first-order valence-electron chi connectivity index (χ1n) is 9.94. The van der Waals surface area contributed by atoms with Crippen LogP contribution in [0, 0.1) is 17.3 Å². The highest BCUT2D eigenvalue weighted by atomic mass is 16.5. The molecule has 1 saturated carbocycles. The molecule has 154 valence electrons. The van der Waals surface area contributed by atoms with Gasteiger partial charge in [0.15, 0.2) is 0 Å². The van der Waals surface area contributed by atoms with Gasteiger partial charge in [-0.25, -0.2) is 0 Å². The predicted molar refractivity (Wildman–Crippen MR) is 108 cm³/mol. The summed E-state index contributed by atoms with van der Waals surface area (Å²) in [4.78, 5) is 24.3. The molecule has 0 aromatic heterocycles. The summed E-state index contributed by atoms with van der Waals surface area (Å²) >= 11 is 0. The van der Waals surface area contributed by atoms with Crippen molar-refractivity contribution in [3.05, 3.63) is 60.2 Å². The molecule has 0 heterocycles. The minimum absolute atomic E-state index is 0.180. The van der Waals surface area contributed by atoms with Crippen LogP contribution in [0.4, 0.5) is 0 Å². The monoisotopic (exact) mass is 397 g/mol. The fraction of sp³-hybridized carbons (Fsp3) is 0.391. The minimum atomic E-state index is -0.947. The van der Waals surface area contributed by atoms with Gasteiger partial charge in [0, 0.05) is 19.1 Å². The van der Waals surface area contributed by atoms with E-state index in [1.54, 1.807) is 0 Å². The number of carboxylic acid groups (broad SMARTS) is 1. The molecule has 1 aliphatic rings. The predicted octanol–water partition coefficient (Wildman–Crippen LogP) is 3.59. The summed E-state index contributed by atoms with van der Waals surface area (Å²) in [5.41, 5.74) is 0.114. The zero-order valence-corrected chi connectivity index (χ0v) is 16.5. The number of aliphatic carboxylic acids is 1. The number of ether oxygens (including phenoxy) is 1. The second-order valence-electron chi connectivity index (χ2n) is 7.59. The zero-order chi connectivity index (χ0) is 20.9. The molecule has 0 bridgehead atoms. The Hall–Kier alpha value is -2.86. The van der Waals surface area contributed by atoms with E-state index in [4.69, 9.17) is 4.74 Å². The molecule has 2 aromatic carbocycles. The fourth-order valence-corrected chi connectivity index (χ4v) is 4.24. The first-order valence-corrected chi connectivity index (χ1v) is 9.94. The minimum Gasteiger partial charge on any atom is -0.481 e. The van der Waals surface area contributed by atoms with E-state index in [0.29, 0.717) is 18.7 Å². The third-order valence-electron chi connectivity index (χ3n) is 5.80. The van der Waals surface area contributed by atoms with Crippen LogP contribution < -0.4 is 10.1 Å². The molecule has 0 saturated heterocycles. The number of amides is 1. The molecule has 0 radical (unpaired) electrons. The van der Waals surface area contributed by atoms with E-state index in [1.165, 1.54) is 0 Å². The van der Waals surface area contributed by atoms with E-state index < -0.39 is 23.2 Å². The number of hydrogen-bond acceptors (Lipinski definition) is 4. The summed E-state index contributed by atoms with van der Waals surface area (Å²) in [6.07, 6.45) is 1.59. The molecule has 1 amide bonds. The van der Waals surface area contributed by atoms with Gasteiger partial charge >= 0.3 is 5.97 Å². The van der Waals surface area contributed by atoms with Crippen LogP contribution >= 0.6 is 0 Å². The molecule has 0 aliphatic heterocycles. The summed E-state index contributed by atoms with van der Waals surface area (Å²) in [6.45, 7) is 2.00. The third kappa shape index (κ3) is 4.43. The van der Waals surface area contributed by atoms with Gasteiger partial charge in [0.05, 0.1) is 11.3 Å². The molecule has 3 unspecified atom stereocenters. The van der Waals surface area contributed by atoms with Gasteiger partial charge in [-0.2, -0.15) is 0 Å². The standard InChI is InChI=1S/C23H27NO5/c1-2-12-23(13-19(21(26)27)20(23)15-25)22(28)24-14-16-8-10-18(11-9-16)29-17-6-4-3-5-7-17/h3-11,19-20,25H,2,12-15H2,1H3,(H,24,28)(H,26,27). The number of nitrogens with one attached hydrogen (secondary N) is 1. The molecule has 3 N–H and O–H groups in total. The quantitative estimate of drug-likeness (QED) is 0.601. The Morgan fingerprint density at radius 3 is 2.34 bits per heavy atom. The van der Waals surface area contributed by atoms with E-state index in [-0.39, 0.29) is 18.9 Å². The third-order valence-corrected chi connectivity index (χ3v) is 5.80. The summed E-state index contributed by atoms with van der Waals surface area (Å²) in [6, 6.07) is 16.9. The maximum absolute atomic E-state index is 12.9. The van der Waals surface area contributed by atoms with Gasteiger partial charge in [-0.3, -0.25) is 9.59 Å². The Balaban J connectivity index is 1.61. The lowest BCUT2D eigenvalue weighted by molar-refractivity contribution is -0.172. The van der Waals surface area contributed by atoms with E-state index in [9.17, 15) is 19.8 Å². The molecule has 3 atom stereocenters. The molecule has 29 heavy (non-hydrogen) atoms. The van der Waals surface area contributed by atoms with E-state index >= 15 is 0 Å². The van der Waals surface area contributed by atoms with Gasteiger partial charge in [-0.1, -0.05) is 43.7 Å². The summed E-state index contributed by atoms with van der Waals surface area (Å²) in [5.74, 6) is -0.869. The number of carbonyl (C=O) groups is 2. The molecule has 2 aromatic rings. The molecular weight excluding hydrogens is 370 g/mol. The van der Waals surface area contributed by atoms with Crippen LogP contribution in [0.15, 0.2) is 54.6 Å². The molecule has 1 fully saturated rings. The SMILES string of the molecule is CCCC1(C(=O)NCc2ccc(Oc3ccccc3)cc2)CC(C(=O)O)C1CO. The van der Waals surface area contributed by atoms with Crippen LogP contribution in [0.3, 0.4) is 0 Å². The first-order chi connectivity index (χ1) is 14.0. The average Bonchev–Trinajstić information content (AvgIpc) is 2.71. The van der Waals surface area contributed by atoms with Crippen LogP contribution in [0.5, 0.6) is 11.5 Å². The van der Waals surface area contributed by atoms with Crippen molar-refractivity contribution < 1.29 is 24.5 Å². The second kappa shape index (κ2) is 9.09. The Kier molecular flexibility index (Phi) is 6.54. The number of rotatable bonds is 9. The normalized spacial score (nSPS) is 23.1. The smallest absolute Gasteiger partial charge is 0.306 e. The van der Waals surface area contributed by atoms with Crippen molar-refractivity contribution in [3.8, 4) is 11.5 Å². The number of carbonyl (C=O) groups excluding carboxylic acids is 1. The summed E-state index contributed by atoms with van der Waals surface area (Å²) < 4.78 is 5.76. The van der Waals surface area contributed by atoms with Gasteiger partial charge in [-0.15, -0.1) is 0 Å². The molecule has 3 rings (SSSR count). The van der Waals surface area contributed by atoms with E-state index in [1.807, 2.05) is 61.5 Å². The Morgan fingerprint density at radius 2 is 1.76 bits per heavy atom. The number of aliphatic hydroxyl groups is 1. The van der Waals surface area contributed by atoms with Crippen molar-refractivity contribution in [2.45, 2.75) is 32.7 Å². The fourth-order valence-electron chi connectivity index (χ4n) is 4.24. The summed E-state index contributed by atoms with van der Waals surface area (Å²) in [5, 5.41) is 21.9. The van der Waals surface area contributed by atoms with Crippen LogP contribution in [0.1, 0.15) is 31.7 Å². The molecule has 1 aliphatic carbocycles. The number of carboxylic acids is 1. The topological polar surface area (TPSA) is 95.9 Å². The zero-order valence-electron chi connectivity index (χ0n) is 16.5. The first kappa shape index (κ1) is 20.9. The van der Waals surface area contributed by atoms with E-state index in [0.717, 1.165) is 17.7 Å². The number of para-hydroxylation sites is 1. The Labute approximate surface area is 170 Å². The van der Waals surface area contributed by atoms with Gasteiger partial charge in [0.1, 0.15) is 11.5 Å². The second-order valence-corrected chi connectivity index (χ2v) is 7.59. The van der Waals surface area contributed by atoms with E-state index in [2.05, 4.69) is 5.32 Å². The van der Waals surface area contributed by atoms with Crippen LogP contribution in [0.2, 0.25) is 0 Å². The highest BCUT2D eigenvalue weighted by molar-refractivity contribution is 5.87. The van der Waals surface area contributed by atoms with Crippen molar-refractivity contribution in [3.63, 3.8) is 0 Å². The van der Waals surface area contributed by atoms with Gasteiger partial charge in [-0.05, 0) is 42.7 Å². The molecule has 6 heteroatoms. The van der Waals surface area contributed by atoms with Crippen molar-refractivity contribution in [1.82, 2.24) is 5.32 Å². The average molecular weight is 397 g/mol. The maximum Gasteiger partial charge on any atom is 0.306 e. The molecular formula is C23H27NO5. The lowest BCUT2D eigenvalue weighted by atomic mass is 9.51.